The van der Waals surface area contributed by atoms with E-state index in [2.05, 4.69) is 10.6 Å². The van der Waals surface area contributed by atoms with Crippen molar-refractivity contribution in [3.8, 4) is 0 Å². The lowest BCUT2D eigenvalue weighted by Gasteiger charge is -2.37. The topological polar surface area (TPSA) is 169 Å². The molecule has 0 bridgehead atoms. The molecule has 4 heterocycles. The molecular weight excluding hydrogens is 692 g/mol. The van der Waals surface area contributed by atoms with Gasteiger partial charge in [-0.1, -0.05) is 27.7 Å². The number of amides is 4. The van der Waals surface area contributed by atoms with Crippen LogP contribution in [-0.4, -0.2) is 83.2 Å². The Labute approximate surface area is 318 Å². The van der Waals surface area contributed by atoms with Crippen molar-refractivity contribution in [1.29, 1.82) is 0 Å². The Bertz CT molecular complexity index is 1470. The number of carbonyl (C=O) groups is 4. The number of hydrogen-bond donors (Lipinski definition) is 2. The van der Waals surface area contributed by atoms with Crippen LogP contribution in [0.1, 0.15) is 152 Å². The molecule has 0 aromatic carbocycles. The maximum absolute atomic E-state index is 13.5. The molecule has 0 radical (unpaired) electrons. The van der Waals surface area contributed by atoms with Gasteiger partial charge < -0.3 is 38.7 Å². The van der Waals surface area contributed by atoms with E-state index in [4.69, 9.17) is 28.3 Å². The second-order valence-electron chi connectivity index (χ2n) is 16.5. The number of alkyl carbamates (subject to hydrolysis) is 2. The van der Waals surface area contributed by atoms with E-state index < -0.39 is 24.3 Å². The monoisotopic (exact) mass is 752 g/mol. The second-order valence-corrected chi connectivity index (χ2v) is 16.5. The lowest BCUT2D eigenvalue weighted by molar-refractivity contribution is -0.136. The fraction of sp³-hybridized carbons (Fsp3) is 0.750. The minimum absolute atomic E-state index is 0.0900. The number of oxazole rings is 2. The van der Waals surface area contributed by atoms with Gasteiger partial charge in [0, 0.05) is 24.9 Å². The zero-order valence-corrected chi connectivity index (χ0v) is 32.9. The number of ether oxygens (including phenoxy) is 2. The molecule has 2 aromatic rings. The Hall–Kier alpha value is -4.10. The smallest absolute Gasteiger partial charge is 0.407 e. The summed E-state index contributed by atoms with van der Waals surface area (Å²) < 4.78 is 21.6. The number of rotatable bonds is 11. The number of methoxy groups -OCH3 is 2. The largest absolute Gasteiger partial charge is 0.453 e. The number of carbonyl (C=O) groups excluding carboxylic acids is 4. The predicted molar refractivity (Wildman–Crippen MR) is 198 cm³/mol. The van der Waals surface area contributed by atoms with Gasteiger partial charge in [-0.05, 0) is 101 Å². The Morgan fingerprint density at radius 1 is 0.630 bits per heavy atom. The van der Waals surface area contributed by atoms with Crippen molar-refractivity contribution >= 4 is 24.0 Å². The summed E-state index contributed by atoms with van der Waals surface area (Å²) in [6.45, 7) is 8.86. The van der Waals surface area contributed by atoms with Crippen LogP contribution in [0.25, 0.3) is 0 Å². The van der Waals surface area contributed by atoms with Crippen molar-refractivity contribution in [2.45, 2.75) is 141 Å². The van der Waals surface area contributed by atoms with Crippen LogP contribution in [0.5, 0.6) is 0 Å². The summed E-state index contributed by atoms with van der Waals surface area (Å²) in [4.78, 5) is 64.5. The van der Waals surface area contributed by atoms with E-state index in [1.54, 1.807) is 12.5 Å². The first kappa shape index (κ1) is 39.6. The lowest BCUT2D eigenvalue weighted by atomic mass is 9.68. The molecule has 4 atom stereocenters. The highest BCUT2D eigenvalue weighted by Gasteiger charge is 2.41. The van der Waals surface area contributed by atoms with E-state index >= 15 is 0 Å². The number of nitrogens with one attached hydrogen (secondary N) is 2. The molecule has 2 saturated heterocycles. The summed E-state index contributed by atoms with van der Waals surface area (Å²) >= 11 is 0. The van der Waals surface area contributed by atoms with Crippen molar-refractivity contribution in [3.63, 3.8) is 0 Å². The van der Waals surface area contributed by atoms with Gasteiger partial charge in [0.2, 0.25) is 23.6 Å². The van der Waals surface area contributed by atoms with Gasteiger partial charge >= 0.3 is 12.2 Å². The van der Waals surface area contributed by atoms with Gasteiger partial charge in [-0.15, -0.1) is 0 Å². The molecule has 2 aliphatic heterocycles. The molecule has 54 heavy (non-hydrogen) atoms. The minimum atomic E-state index is -0.673. The third kappa shape index (κ3) is 8.72. The van der Waals surface area contributed by atoms with Crippen LogP contribution in [0.2, 0.25) is 0 Å². The SMILES string of the molecule is COC(=O)NC(C(=O)N1CCCC1c1nc(C2CCC(C3CCC(c4coc(C5CCCN5C(=O)C(NC(=O)OC)C(C)C)n4)CC3)CC2)co1)C(C)C. The van der Waals surface area contributed by atoms with Crippen molar-refractivity contribution in [2.75, 3.05) is 27.3 Å². The van der Waals surface area contributed by atoms with Gasteiger partial charge in [0.25, 0.3) is 0 Å². The summed E-state index contributed by atoms with van der Waals surface area (Å²) in [6, 6.07) is -1.81. The maximum Gasteiger partial charge on any atom is 0.407 e. The summed E-state index contributed by atoms with van der Waals surface area (Å²) in [6.07, 6.45) is 14.7. The normalized spacial score (nSPS) is 27.2. The molecule has 2 aliphatic carbocycles. The zero-order valence-electron chi connectivity index (χ0n) is 32.9. The van der Waals surface area contributed by atoms with Crippen molar-refractivity contribution < 1.29 is 37.5 Å². The van der Waals surface area contributed by atoms with E-state index in [0.717, 1.165) is 62.8 Å². The van der Waals surface area contributed by atoms with E-state index in [1.165, 1.54) is 39.9 Å². The minimum Gasteiger partial charge on any atom is -0.453 e. The number of hydrogen-bond acceptors (Lipinski definition) is 10. The van der Waals surface area contributed by atoms with Crippen molar-refractivity contribution in [1.82, 2.24) is 30.4 Å². The molecule has 4 aliphatic rings. The van der Waals surface area contributed by atoms with Gasteiger partial charge in [0.1, 0.15) is 36.7 Å². The first-order valence-corrected chi connectivity index (χ1v) is 20.2. The quantitative estimate of drug-likeness (QED) is 0.244. The van der Waals surface area contributed by atoms with Gasteiger partial charge in [0.15, 0.2) is 0 Å². The molecule has 4 fully saturated rings. The first-order valence-electron chi connectivity index (χ1n) is 20.2. The molecular formula is C40H60N6O8. The summed E-state index contributed by atoms with van der Waals surface area (Å²) in [5.41, 5.74) is 1.98. The fourth-order valence-corrected chi connectivity index (χ4v) is 9.39. The highest BCUT2D eigenvalue weighted by Crippen LogP contribution is 2.46. The van der Waals surface area contributed by atoms with Crippen LogP contribution in [0.15, 0.2) is 21.4 Å². The highest BCUT2D eigenvalue weighted by molar-refractivity contribution is 5.87. The van der Waals surface area contributed by atoms with Crippen LogP contribution >= 0.6 is 0 Å². The molecule has 14 heteroatoms. The van der Waals surface area contributed by atoms with E-state index in [9.17, 15) is 19.2 Å². The van der Waals surface area contributed by atoms with Crippen LogP contribution in [-0.2, 0) is 19.1 Å². The standard InChI is InChI=1S/C40H60N6O8/c1-23(2)33(43-39(49)51-5)37(47)45-19-7-9-31(45)35-41-29(21-53-35)27-15-11-25(12-16-27)26-13-17-28(18-14-26)30-22-54-36(42-30)32-10-8-20-46(32)38(48)34(24(3)4)44-40(50)52-6/h21-28,31-34H,7-20H2,1-6H3,(H,43,49)(H,44,50). The molecule has 14 nitrogen and oxygen atoms in total. The van der Waals surface area contributed by atoms with Gasteiger partial charge in [-0.2, -0.15) is 0 Å². The molecule has 6 rings (SSSR count). The Kier molecular flexibility index (Phi) is 12.9. The van der Waals surface area contributed by atoms with Crippen molar-refractivity contribution in [2.24, 2.45) is 23.7 Å². The van der Waals surface area contributed by atoms with E-state index in [1.807, 2.05) is 37.5 Å². The summed E-state index contributed by atoms with van der Waals surface area (Å²) in [5.74, 6) is 2.85. The van der Waals surface area contributed by atoms with E-state index in [-0.39, 0.29) is 35.7 Å². The number of aromatic nitrogens is 2. The van der Waals surface area contributed by atoms with Gasteiger partial charge in [-0.25, -0.2) is 19.6 Å². The Morgan fingerprint density at radius 3 is 1.33 bits per heavy atom. The molecule has 4 unspecified atom stereocenters. The predicted octanol–water partition coefficient (Wildman–Crippen LogP) is 7.00. The molecule has 0 spiro atoms. The van der Waals surface area contributed by atoms with E-state index in [0.29, 0.717) is 48.5 Å². The third-order valence-corrected chi connectivity index (χ3v) is 12.6. The van der Waals surface area contributed by atoms with Crippen molar-refractivity contribution in [3.05, 3.63) is 35.7 Å². The molecule has 4 amide bonds. The summed E-state index contributed by atoms with van der Waals surface area (Å²) in [5, 5.41) is 5.41. The van der Waals surface area contributed by atoms with Crippen LogP contribution in [0.4, 0.5) is 9.59 Å². The number of nitrogens with zero attached hydrogens (tertiary/aromatic N) is 4. The summed E-state index contributed by atoms with van der Waals surface area (Å²) in [7, 11) is 2.60. The second kappa shape index (κ2) is 17.6. The van der Waals surface area contributed by atoms with Crippen LogP contribution < -0.4 is 10.6 Å². The zero-order chi connectivity index (χ0) is 38.5. The lowest BCUT2D eigenvalue weighted by Crippen LogP contribution is -2.51. The maximum atomic E-state index is 13.5. The fourth-order valence-electron chi connectivity index (χ4n) is 9.39. The van der Waals surface area contributed by atoms with Crippen LogP contribution in [0, 0.1) is 23.7 Å². The third-order valence-electron chi connectivity index (χ3n) is 12.6. The molecule has 298 valence electrons. The molecule has 2 saturated carbocycles. The average Bonchev–Trinajstić information content (AvgIpc) is 4.02. The Balaban J connectivity index is 0.986. The first-order chi connectivity index (χ1) is 26.0. The Morgan fingerprint density at radius 2 is 1.00 bits per heavy atom. The van der Waals surface area contributed by atoms with Crippen LogP contribution in [0.3, 0.4) is 0 Å². The number of likely N-dealkylation sites (tertiary alicyclic amines) is 2. The van der Waals surface area contributed by atoms with Gasteiger partial charge in [-0.3, -0.25) is 9.59 Å². The average molecular weight is 753 g/mol. The highest BCUT2D eigenvalue weighted by atomic mass is 16.5. The molecule has 2 aromatic heterocycles. The van der Waals surface area contributed by atoms with Gasteiger partial charge in [0.05, 0.1) is 25.6 Å². The molecule has 2 N–H and O–H groups in total.